The molecule has 0 rings (SSSR count). The van der Waals surface area contributed by atoms with Gasteiger partial charge in [-0.05, 0) is 167 Å². The molecule has 0 heterocycles. The van der Waals surface area contributed by atoms with Crippen molar-refractivity contribution in [3.05, 3.63) is 219 Å². The molecule has 0 fully saturated rings. The lowest BCUT2D eigenvalue weighted by Gasteiger charge is -2.18. The molecular weight excluding hydrogens is 1020 g/mol. The van der Waals surface area contributed by atoms with Crippen LogP contribution in [0.3, 0.4) is 0 Å². The van der Waals surface area contributed by atoms with E-state index in [0.717, 1.165) is 180 Å². The predicted octanol–water partition coefficient (Wildman–Crippen LogP) is 22.5. The maximum Gasteiger partial charge on any atom is 0.306 e. The van der Waals surface area contributed by atoms with Gasteiger partial charge in [0.15, 0.2) is 6.10 Å². The van der Waals surface area contributed by atoms with Gasteiger partial charge >= 0.3 is 17.9 Å². The SMILES string of the molecule is CC/C=C\C/C=C\C/C=C\C/C=C\C/C=C\C/C=C\C/C=C\CCCCCC(=O)OCC(COC(=O)CCCCCC/C=C\C/C=C\C/C=C\C/C=C\CC)OC(=O)CCC/C=C\C/C=C\C/C=C\C/C=C\C/C=C\C/C=C\C/C=C\CC. The molecule has 1 unspecified atom stereocenters. The van der Waals surface area contributed by atoms with Crippen molar-refractivity contribution in [2.24, 2.45) is 0 Å². The smallest absolute Gasteiger partial charge is 0.306 e. The molecule has 458 valence electrons. The van der Waals surface area contributed by atoms with Crippen LogP contribution in [-0.2, 0) is 28.6 Å². The number of unbranched alkanes of at least 4 members (excludes halogenated alkanes) is 8. The van der Waals surface area contributed by atoms with Crippen molar-refractivity contribution in [1.82, 2.24) is 0 Å². The second kappa shape index (κ2) is 68.2. The molecule has 0 bridgehead atoms. The fraction of sp³-hybridized carbons (Fsp3) is 0.494. The first-order valence-electron chi connectivity index (χ1n) is 32.2. The Morgan fingerprint density at radius 3 is 0.711 bits per heavy atom. The molecule has 0 amide bonds. The van der Waals surface area contributed by atoms with Crippen molar-refractivity contribution in [1.29, 1.82) is 0 Å². The van der Waals surface area contributed by atoms with Gasteiger partial charge in [-0.15, -0.1) is 0 Å². The quantitative estimate of drug-likeness (QED) is 0.0261. The largest absolute Gasteiger partial charge is 0.462 e. The van der Waals surface area contributed by atoms with Gasteiger partial charge < -0.3 is 14.2 Å². The van der Waals surface area contributed by atoms with Crippen LogP contribution in [0.2, 0.25) is 0 Å². The van der Waals surface area contributed by atoms with Crippen LogP contribution in [-0.4, -0.2) is 37.2 Å². The van der Waals surface area contributed by atoms with Crippen molar-refractivity contribution in [2.75, 3.05) is 13.2 Å². The van der Waals surface area contributed by atoms with Gasteiger partial charge in [-0.3, -0.25) is 14.4 Å². The minimum absolute atomic E-state index is 0.138. The molecule has 0 aliphatic carbocycles. The monoisotopic (exact) mass is 1130 g/mol. The zero-order valence-electron chi connectivity index (χ0n) is 52.4. The maximum atomic E-state index is 12.9. The Bertz CT molecular complexity index is 2080. The van der Waals surface area contributed by atoms with Gasteiger partial charge in [0.25, 0.3) is 0 Å². The molecule has 1 atom stereocenters. The number of carbonyl (C=O) groups is 3. The molecule has 0 radical (unpaired) electrons. The van der Waals surface area contributed by atoms with E-state index in [1.54, 1.807) is 0 Å². The number of rotatable bonds is 55. The number of allylic oxidation sites excluding steroid dienone is 36. The molecule has 0 aliphatic heterocycles. The van der Waals surface area contributed by atoms with Crippen LogP contribution in [0.1, 0.15) is 226 Å². The lowest BCUT2D eigenvalue weighted by atomic mass is 10.1. The normalized spacial score (nSPS) is 13.6. The molecule has 6 heteroatoms. The van der Waals surface area contributed by atoms with Crippen LogP contribution in [0.15, 0.2) is 219 Å². The predicted molar refractivity (Wildman–Crippen MR) is 361 cm³/mol. The van der Waals surface area contributed by atoms with E-state index < -0.39 is 12.1 Å². The first kappa shape index (κ1) is 76.7. The van der Waals surface area contributed by atoms with Gasteiger partial charge in [-0.2, -0.15) is 0 Å². The Kier molecular flexibility index (Phi) is 63.1. The van der Waals surface area contributed by atoms with E-state index in [-0.39, 0.29) is 38.0 Å². The van der Waals surface area contributed by atoms with Gasteiger partial charge in [-0.25, -0.2) is 0 Å². The molecule has 0 aliphatic rings. The molecule has 83 heavy (non-hydrogen) atoms. The third kappa shape index (κ3) is 66.4. The van der Waals surface area contributed by atoms with E-state index in [2.05, 4.69) is 240 Å². The summed E-state index contributed by atoms with van der Waals surface area (Å²) in [6, 6.07) is 0. The summed E-state index contributed by atoms with van der Waals surface area (Å²) in [5.74, 6) is -1.07. The lowest BCUT2D eigenvalue weighted by Crippen LogP contribution is -2.30. The van der Waals surface area contributed by atoms with E-state index in [9.17, 15) is 14.4 Å². The average Bonchev–Trinajstić information content (AvgIpc) is 3.49. The fourth-order valence-electron chi connectivity index (χ4n) is 7.75. The summed E-state index contributed by atoms with van der Waals surface area (Å²) in [5, 5.41) is 0. The highest BCUT2D eigenvalue weighted by Gasteiger charge is 2.19. The molecule has 6 nitrogen and oxygen atoms in total. The summed E-state index contributed by atoms with van der Waals surface area (Å²) < 4.78 is 16.8. The van der Waals surface area contributed by atoms with Crippen LogP contribution in [0.25, 0.3) is 0 Å². The van der Waals surface area contributed by atoms with E-state index in [0.29, 0.717) is 12.8 Å². The summed E-state index contributed by atoms with van der Waals surface area (Å²) in [7, 11) is 0. The first-order chi connectivity index (χ1) is 41.0. The summed E-state index contributed by atoms with van der Waals surface area (Å²) in [4.78, 5) is 38.4. The van der Waals surface area contributed by atoms with Crippen molar-refractivity contribution >= 4 is 17.9 Å². The third-order valence-electron chi connectivity index (χ3n) is 12.5. The Labute approximate surface area is 508 Å². The minimum Gasteiger partial charge on any atom is -0.462 e. The zero-order chi connectivity index (χ0) is 59.9. The molecule has 0 saturated carbocycles. The van der Waals surface area contributed by atoms with E-state index in [1.807, 2.05) is 0 Å². The van der Waals surface area contributed by atoms with Crippen molar-refractivity contribution < 1.29 is 28.6 Å². The molecule has 0 aromatic carbocycles. The topological polar surface area (TPSA) is 78.9 Å². The van der Waals surface area contributed by atoms with Crippen molar-refractivity contribution in [3.8, 4) is 0 Å². The second-order valence-corrected chi connectivity index (χ2v) is 20.2. The molecule has 0 saturated heterocycles. The Balaban J connectivity index is 4.64. The van der Waals surface area contributed by atoms with Crippen LogP contribution < -0.4 is 0 Å². The molecule has 0 N–H and O–H groups in total. The molecule has 0 spiro atoms. The highest BCUT2D eigenvalue weighted by Crippen LogP contribution is 2.11. The number of ether oxygens (including phenoxy) is 3. The van der Waals surface area contributed by atoms with Gasteiger partial charge in [0.1, 0.15) is 13.2 Å². The number of hydrogen-bond acceptors (Lipinski definition) is 6. The van der Waals surface area contributed by atoms with Gasteiger partial charge in [0, 0.05) is 19.3 Å². The number of esters is 3. The summed E-state index contributed by atoms with van der Waals surface area (Å²) >= 11 is 0. The van der Waals surface area contributed by atoms with Gasteiger partial charge in [0.2, 0.25) is 0 Å². The van der Waals surface area contributed by atoms with Crippen LogP contribution in [0.5, 0.6) is 0 Å². The summed E-state index contributed by atoms with van der Waals surface area (Å²) in [6.07, 6.45) is 107. The van der Waals surface area contributed by atoms with Crippen LogP contribution in [0, 0.1) is 0 Å². The lowest BCUT2D eigenvalue weighted by molar-refractivity contribution is -0.167. The second-order valence-electron chi connectivity index (χ2n) is 20.2. The van der Waals surface area contributed by atoms with E-state index in [1.165, 1.54) is 0 Å². The maximum absolute atomic E-state index is 12.9. The Morgan fingerprint density at radius 2 is 0.446 bits per heavy atom. The number of hydrogen-bond donors (Lipinski definition) is 0. The van der Waals surface area contributed by atoms with Gasteiger partial charge in [-0.1, -0.05) is 259 Å². The van der Waals surface area contributed by atoms with E-state index >= 15 is 0 Å². The first-order valence-corrected chi connectivity index (χ1v) is 32.2. The third-order valence-corrected chi connectivity index (χ3v) is 12.5. The fourth-order valence-corrected chi connectivity index (χ4v) is 7.75. The molecular formula is C77H114O6. The Morgan fingerprint density at radius 1 is 0.241 bits per heavy atom. The summed E-state index contributed by atoms with van der Waals surface area (Å²) in [5.41, 5.74) is 0. The van der Waals surface area contributed by atoms with E-state index in [4.69, 9.17) is 14.2 Å². The minimum atomic E-state index is -0.851. The van der Waals surface area contributed by atoms with Crippen LogP contribution >= 0.6 is 0 Å². The van der Waals surface area contributed by atoms with Crippen molar-refractivity contribution in [2.45, 2.75) is 232 Å². The highest BCUT2D eigenvalue weighted by molar-refractivity contribution is 5.71. The molecule has 0 aromatic rings. The van der Waals surface area contributed by atoms with Crippen molar-refractivity contribution in [3.63, 3.8) is 0 Å². The highest BCUT2D eigenvalue weighted by atomic mass is 16.6. The van der Waals surface area contributed by atoms with Crippen LogP contribution in [0.4, 0.5) is 0 Å². The number of carbonyl (C=O) groups excluding carboxylic acids is 3. The Hall–Kier alpha value is -6.27. The van der Waals surface area contributed by atoms with Gasteiger partial charge in [0.05, 0.1) is 0 Å². The molecule has 0 aromatic heterocycles. The standard InChI is InChI=1S/C77H114O6/c1-4-7-10-13-16-19-22-25-28-31-33-35-37-38-40-41-43-46-49-52-55-58-61-64-67-70-76(79)82-73-74(72-81-75(78)69-66-63-60-57-54-51-48-45-30-27-24-21-18-15-12-9-6-3)83-77(80)71-68-65-62-59-56-53-50-47-44-42-39-36-34-32-29-26-23-20-17-14-11-8-5-2/h7-12,16-21,25-30,33-36,38,40,42-44,46,48,50-53,55,59,62,74H,4-6,13-15,22-24,31-32,37,39,41,45,47,49,54,56-58,60-61,63-73H2,1-3H3/b10-7-,11-8-,12-9-,19-16-,20-17-,21-18-,28-25-,29-26-,30-27-,35-33-,36-34-,40-38-,44-42-,46-43-,51-48-,53-50-,55-52-,62-59-. The average molecular weight is 1140 g/mol. The zero-order valence-corrected chi connectivity index (χ0v) is 52.4. The summed E-state index contributed by atoms with van der Waals surface area (Å²) in [6.45, 7) is 6.18.